The summed E-state index contributed by atoms with van der Waals surface area (Å²) < 4.78 is 0. The number of carbonyl (C=O) groups is 3. The number of aliphatic carboxylic acids is 1. The molecule has 18 heavy (non-hydrogen) atoms. The van der Waals surface area contributed by atoms with Gasteiger partial charge in [0.25, 0.3) is 0 Å². The number of carboxylic acid groups (broad SMARTS) is 1. The Labute approximate surface area is 106 Å². The van der Waals surface area contributed by atoms with Gasteiger partial charge in [0, 0.05) is 7.05 Å². The molecule has 0 aliphatic heterocycles. The van der Waals surface area contributed by atoms with Crippen molar-refractivity contribution in [2.45, 2.75) is 32.7 Å². The molecule has 6 heteroatoms. The number of carbonyl (C=O) groups excluding carboxylic acids is 2. The maximum Gasteiger partial charge on any atom is 0.307 e. The van der Waals surface area contributed by atoms with Gasteiger partial charge in [0.15, 0.2) is 0 Å². The highest BCUT2D eigenvalue weighted by molar-refractivity contribution is 5.90. The first-order chi connectivity index (χ1) is 8.36. The fourth-order valence-corrected chi connectivity index (χ4v) is 2.46. The van der Waals surface area contributed by atoms with E-state index in [9.17, 15) is 14.4 Å². The van der Waals surface area contributed by atoms with Crippen molar-refractivity contribution in [3.63, 3.8) is 0 Å². The van der Waals surface area contributed by atoms with Crippen molar-refractivity contribution in [2.75, 3.05) is 7.05 Å². The van der Waals surface area contributed by atoms with E-state index in [2.05, 4.69) is 10.6 Å². The van der Waals surface area contributed by atoms with Crippen molar-refractivity contribution in [2.24, 2.45) is 17.8 Å². The molecule has 0 spiro atoms. The highest BCUT2D eigenvalue weighted by Crippen LogP contribution is 2.36. The van der Waals surface area contributed by atoms with Gasteiger partial charge in [-0.05, 0) is 25.7 Å². The van der Waals surface area contributed by atoms with Crippen LogP contribution < -0.4 is 10.6 Å². The Hall–Kier alpha value is -1.59. The van der Waals surface area contributed by atoms with Crippen LogP contribution in [0.3, 0.4) is 0 Å². The standard InChI is InChI=1S/C12H20N2O4/c1-6-4-8(9(5-6)12(17)18)11(16)14-7(2)10(15)13-3/h6-9H,4-5H2,1-3H3,(H,13,15)(H,14,16)(H,17,18)/t6?,7?,8-,9+/m0/s1. The number of rotatable bonds is 4. The molecule has 0 aromatic heterocycles. The average molecular weight is 256 g/mol. The highest BCUT2D eigenvalue weighted by atomic mass is 16.4. The minimum Gasteiger partial charge on any atom is -0.481 e. The lowest BCUT2D eigenvalue weighted by atomic mass is 9.95. The number of likely N-dealkylation sites (N-methyl/N-ethyl adjacent to an activating group) is 1. The molecule has 0 aromatic carbocycles. The Balaban J connectivity index is 2.65. The largest absolute Gasteiger partial charge is 0.481 e. The summed E-state index contributed by atoms with van der Waals surface area (Å²) in [6.07, 6.45) is 1.07. The van der Waals surface area contributed by atoms with Crippen LogP contribution in [-0.2, 0) is 14.4 Å². The first-order valence-electron chi connectivity index (χ1n) is 6.11. The normalized spacial score (nSPS) is 28.5. The topological polar surface area (TPSA) is 95.5 Å². The van der Waals surface area contributed by atoms with Gasteiger partial charge >= 0.3 is 5.97 Å². The molecule has 0 bridgehead atoms. The van der Waals surface area contributed by atoms with Crippen molar-refractivity contribution < 1.29 is 19.5 Å². The summed E-state index contributed by atoms with van der Waals surface area (Å²) >= 11 is 0. The Kier molecular flexibility index (Phi) is 4.69. The predicted octanol–water partition coefficient (Wildman–Crippen LogP) is -0.0160. The Morgan fingerprint density at radius 2 is 1.78 bits per heavy atom. The van der Waals surface area contributed by atoms with Crippen molar-refractivity contribution in [3.05, 3.63) is 0 Å². The third-order valence-corrected chi connectivity index (χ3v) is 3.45. The SMILES string of the molecule is CNC(=O)C(C)NC(=O)[C@H]1CC(C)C[C@H]1C(=O)O. The zero-order valence-corrected chi connectivity index (χ0v) is 10.9. The molecule has 1 aliphatic carbocycles. The number of carboxylic acids is 1. The first kappa shape index (κ1) is 14.5. The van der Waals surface area contributed by atoms with E-state index in [0.717, 1.165) is 0 Å². The molecule has 2 amide bonds. The van der Waals surface area contributed by atoms with Gasteiger partial charge in [-0.1, -0.05) is 6.92 Å². The molecule has 0 aromatic rings. The molecular weight excluding hydrogens is 236 g/mol. The molecule has 4 atom stereocenters. The Morgan fingerprint density at radius 3 is 2.28 bits per heavy atom. The van der Waals surface area contributed by atoms with E-state index in [1.807, 2.05) is 6.92 Å². The van der Waals surface area contributed by atoms with E-state index in [1.165, 1.54) is 7.05 Å². The molecule has 1 aliphatic rings. The van der Waals surface area contributed by atoms with E-state index < -0.39 is 23.8 Å². The van der Waals surface area contributed by atoms with Crippen LogP contribution in [0.1, 0.15) is 26.7 Å². The molecular formula is C12H20N2O4. The molecule has 6 nitrogen and oxygen atoms in total. The van der Waals surface area contributed by atoms with Gasteiger partial charge in [-0.2, -0.15) is 0 Å². The van der Waals surface area contributed by atoms with E-state index in [4.69, 9.17) is 5.11 Å². The Bertz CT molecular complexity index is 356. The summed E-state index contributed by atoms with van der Waals surface area (Å²) in [6, 6.07) is -0.646. The van der Waals surface area contributed by atoms with Crippen LogP contribution in [0.15, 0.2) is 0 Å². The van der Waals surface area contributed by atoms with E-state index in [1.54, 1.807) is 6.92 Å². The maximum atomic E-state index is 12.0. The minimum absolute atomic E-state index is 0.220. The highest BCUT2D eigenvalue weighted by Gasteiger charge is 2.41. The van der Waals surface area contributed by atoms with Gasteiger partial charge < -0.3 is 15.7 Å². The fraction of sp³-hybridized carbons (Fsp3) is 0.750. The molecule has 0 radical (unpaired) electrons. The lowest BCUT2D eigenvalue weighted by molar-refractivity contribution is -0.146. The zero-order valence-electron chi connectivity index (χ0n) is 10.9. The second-order valence-electron chi connectivity index (χ2n) is 4.97. The lowest BCUT2D eigenvalue weighted by Crippen LogP contribution is -2.46. The summed E-state index contributed by atoms with van der Waals surface area (Å²) in [5.41, 5.74) is 0. The number of amides is 2. The summed E-state index contributed by atoms with van der Waals surface area (Å²) in [6.45, 7) is 3.51. The summed E-state index contributed by atoms with van der Waals surface area (Å²) in [4.78, 5) is 34.4. The van der Waals surface area contributed by atoms with Crippen molar-refractivity contribution in [1.29, 1.82) is 0 Å². The number of nitrogens with one attached hydrogen (secondary N) is 2. The van der Waals surface area contributed by atoms with Gasteiger partial charge in [-0.25, -0.2) is 0 Å². The van der Waals surface area contributed by atoms with E-state index >= 15 is 0 Å². The predicted molar refractivity (Wildman–Crippen MR) is 64.7 cm³/mol. The molecule has 1 fully saturated rings. The molecule has 1 saturated carbocycles. The molecule has 0 heterocycles. The number of hydrogen-bond acceptors (Lipinski definition) is 3. The average Bonchev–Trinajstić information content (AvgIpc) is 2.70. The van der Waals surface area contributed by atoms with Crippen molar-refractivity contribution in [3.8, 4) is 0 Å². The van der Waals surface area contributed by atoms with E-state index in [-0.39, 0.29) is 17.7 Å². The van der Waals surface area contributed by atoms with Crippen LogP contribution in [0.4, 0.5) is 0 Å². The van der Waals surface area contributed by atoms with E-state index in [0.29, 0.717) is 12.8 Å². The lowest BCUT2D eigenvalue weighted by Gasteiger charge is -2.18. The first-order valence-corrected chi connectivity index (χ1v) is 6.11. The van der Waals surface area contributed by atoms with Crippen LogP contribution in [0.25, 0.3) is 0 Å². The van der Waals surface area contributed by atoms with Crippen LogP contribution >= 0.6 is 0 Å². The van der Waals surface area contributed by atoms with Gasteiger partial charge in [-0.15, -0.1) is 0 Å². The summed E-state index contributed by atoms with van der Waals surface area (Å²) in [5, 5.41) is 14.1. The van der Waals surface area contributed by atoms with Gasteiger partial charge in [0.1, 0.15) is 6.04 Å². The molecule has 0 saturated heterocycles. The van der Waals surface area contributed by atoms with Gasteiger partial charge in [-0.3, -0.25) is 14.4 Å². The molecule has 1 rings (SSSR count). The second kappa shape index (κ2) is 5.84. The third-order valence-electron chi connectivity index (χ3n) is 3.45. The fourth-order valence-electron chi connectivity index (χ4n) is 2.46. The summed E-state index contributed by atoms with van der Waals surface area (Å²) in [7, 11) is 1.49. The summed E-state index contributed by atoms with van der Waals surface area (Å²) in [5.74, 6) is -2.53. The van der Waals surface area contributed by atoms with Crippen LogP contribution in [-0.4, -0.2) is 36.0 Å². The van der Waals surface area contributed by atoms with Gasteiger partial charge in [0.05, 0.1) is 11.8 Å². The van der Waals surface area contributed by atoms with Crippen molar-refractivity contribution >= 4 is 17.8 Å². The maximum absolute atomic E-state index is 12.0. The minimum atomic E-state index is -0.938. The second-order valence-corrected chi connectivity index (χ2v) is 4.97. The van der Waals surface area contributed by atoms with Gasteiger partial charge in [0.2, 0.25) is 11.8 Å². The van der Waals surface area contributed by atoms with Crippen LogP contribution in [0.5, 0.6) is 0 Å². The quantitative estimate of drug-likeness (QED) is 0.659. The van der Waals surface area contributed by atoms with Crippen molar-refractivity contribution in [1.82, 2.24) is 10.6 Å². The molecule has 3 N–H and O–H groups in total. The van der Waals surface area contributed by atoms with Crippen LogP contribution in [0.2, 0.25) is 0 Å². The zero-order chi connectivity index (χ0) is 13.9. The third kappa shape index (κ3) is 3.21. The Morgan fingerprint density at radius 1 is 1.22 bits per heavy atom. The molecule has 102 valence electrons. The smallest absolute Gasteiger partial charge is 0.307 e. The monoisotopic (exact) mass is 256 g/mol. The molecule has 2 unspecified atom stereocenters. The van der Waals surface area contributed by atoms with Crippen LogP contribution in [0, 0.1) is 17.8 Å². The number of hydrogen-bond donors (Lipinski definition) is 3.